The van der Waals surface area contributed by atoms with Gasteiger partial charge >= 0.3 is 12.5 Å². The van der Waals surface area contributed by atoms with E-state index in [1.54, 1.807) is 45.0 Å². The molecule has 0 aliphatic heterocycles. The highest BCUT2D eigenvalue weighted by Gasteiger charge is 2.21. The number of carbonyl (C=O) groups excluding carboxylic acids is 1. The Labute approximate surface area is 125 Å². The number of benzene rings is 1. The van der Waals surface area contributed by atoms with Crippen LogP contribution in [0.4, 0.5) is 8.78 Å². The maximum Gasteiger partial charge on any atom is 0.321 e. The van der Waals surface area contributed by atoms with Crippen LogP contribution in [-0.2, 0) is 9.53 Å². The molecule has 0 saturated heterocycles. The topological polar surface area (TPSA) is 44.1 Å². The van der Waals surface area contributed by atoms with E-state index in [1.165, 1.54) is 0 Å². The molecule has 7 heteroatoms. The zero-order chi connectivity index (χ0) is 15.6. The van der Waals surface area contributed by atoms with Gasteiger partial charge in [-0.15, -0.1) is 0 Å². The van der Waals surface area contributed by atoms with Crippen LogP contribution >= 0.6 is 11.8 Å². The minimum absolute atomic E-state index is 0.0622. The van der Waals surface area contributed by atoms with Gasteiger partial charge in [-0.2, -0.15) is 8.78 Å². The van der Waals surface area contributed by atoms with Crippen molar-refractivity contribution in [3.05, 3.63) is 24.3 Å². The largest absolute Gasteiger partial charge is 0.459 e. The lowest BCUT2D eigenvalue weighted by molar-refractivity contribution is -0.151. The van der Waals surface area contributed by atoms with Gasteiger partial charge in [-0.1, -0.05) is 23.9 Å². The van der Waals surface area contributed by atoms with Crippen molar-refractivity contribution in [3.8, 4) is 0 Å². The molecule has 0 amide bonds. The number of carbonyl (C=O) groups is 1. The molecule has 1 heterocycles. The lowest BCUT2D eigenvalue weighted by Crippen LogP contribution is -2.25. The number of rotatable bonds is 4. The smallest absolute Gasteiger partial charge is 0.321 e. The predicted molar refractivity (Wildman–Crippen MR) is 77.6 cm³/mol. The van der Waals surface area contributed by atoms with Gasteiger partial charge in [-0.3, -0.25) is 9.36 Å². The summed E-state index contributed by atoms with van der Waals surface area (Å²) in [5, 5.41) is 0.108. The predicted octanol–water partition coefficient (Wildman–Crippen LogP) is 3.87. The summed E-state index contributed by atoms with van der Waals surface area (Å²) in [6, 6.07) is 6.64. The second kappa shape index (κ2) is 6.01. The Balaban J connectivity index is 2.18. The minimum atomic E-state index is -2.71. The number of aromatic nitrogens is 2. The molecular formula is C14H16F2N2O2S. The van der Waals surface area contributed by atoms with Crippen LogP contribution in [0.1, 0.15) is 27.3 Å². The maximum atomic E-state index is 13.2. The third-order valence-corrected chi connectivity index (χ3v) is 3.42. The zero-order valence-electron chi connectivity index (χ0n) is 12.0. The summed E-state index contributed by atoms with van der Waals surface area (Å²) in [5.41, 5.74) is 0.226. The third-order valence-electron chi connectivity index (χ3n) is 2.50. The molecule has 21 heavy (non-hydrogen) atoms. The van der Waals surface area contributed by atoms with Crippen molar-refractivity contribution in [2.75, 3.05) is 5.75 Å². The minimum Gasteiger partial charge on any atom is -0.459 e. The number of alkyl halides is 2. The highest BCUT2D eigenvalue weighted by molar-refractivity contribution is 7.99. The van der Waals surface area contributed by atoms with Gasteiger partial charge in [-0.05, 0) is 32.9 Å². The molecule has 4 nitrogen and oxygen atoms in total. The molecule has 0 radical (unpaired) electrons. The van der Waals surface area contributed by atoms with Gasteiger partial charge in [0.05, 0.1) is 16.8 Å². The molecule has 0 N–H and O–H groups in total. The van der Waals surface area contributed by atoms with Crippen LogP contribution in [0.25, 0.3) is 11.0 Å². The summed E-state index contributed by atoms with van der Waals surface area (Å²) in [4.78, 5) is 15.8. The van der Waals surface area contributed by atoms with Crippen LogP contribution in [0.2, 0.25) is 0 Å². The molecular weight excluding hydrogens is 298 g/mol. The lowest BCUT2D eigenvalue weighted by atomic mass is 10.2. The molecule has 0 atom stereocenters. The van der Waals surface area contributed by atoms with Crippen molar-refractivity contribution in [1.82, 2.24) is 9.55 Å². The normalized spacial score (nSPS) is 12.1. The molecule has 0 aliphatic carbocycles. The summed E-state index contributed by atoms with van der Waals surface area (Å²) in [6.45, 7) is 2.55. The molecule has 2 rings (SSSR count). The number of hydrogen-bond acceptors (Lipinski definition) is 4. The Bertz CT molecular complexity index is 650. The molecule has 2 aromatic rings. The molecule has 1 aromatic heterocycles. The van der Waals surface area contributed by atoms with Crippen LogP contribution in [0, 0.1) is 0 Å². The van der Waals surface area contributed by atoms with Crippen molar-refractivity contribution >= 4 is 28.8 Å². The Kier molecular flexibility index (Phi) is 4.51. The van der Waals surface area contributed by atoms with Crippen LogP contribution < -0.4 is 0 Å². The first kappa shape index (κ1) is 15.8. The number of hydrogen-bond donors (Lipinski definition) is 0. The average Bonchev–Trinajstić information content (AvgIpc) is 2.72. The number of thioether (sulfide) groups is 1. The number of fused-ring (bicyclic) bond motifs is 1. The molecule has 1 aromatic carbocycles. The Hall–Kier alpha value is -1.63. The SMILES string of the molecule is CC(C)(C)OC(=O)CSc1nc2ccccc2n1C(F)F. The van der Waals surface area contributed by atoms with Gasteiger partial charge in [0.2, 0.25) is 0 Å². The van der Waals surface area contributed by atoms with E-state index in [2.05, 4.69) is 4.98 Å². The number of imidazole rings is 1. The van der Waals surface area contributed by atoms with Gasteiger partial charge in [0.15, 0.2) is 5.16 Å². The molecule has 0 bridgehead atoms. The number of halogens is 2. The Morgan fingerprint density at radius 1 is 1.38 bits per heavy atom. The number of nitrogens with zero attached hydrogens (tertiary/aromatic N) is 2. The third kappa shape index (κ3) is 3.93. The van der Waals surface area contributed by atoms with Crippen LogP contribution in [0.5, 0.6) is 0 Å². The van der Waals surface area contributed by atoms with Crippen molar-refractivity contribution in [1.29, 1.82) is 0 Å². The fourth-order valence-electron chi connectivity index (χ4n) is 1.81. The van der Waals surface area contributed by atoms with E-state index < -0.39 is 18.1 Å². The Morgan fingerprint density at radius 2 is 2.05 bits per heavy atom. The van der Waals surface area contributed by atoms with E-state index in [0.717, 1.165) is 16.3 Å². The van der Waals surface area contributed by atoms with E-state index in [-0.39, 0.29) is 10.9 Å². The second-order valence-electron chi connectivity index (χ2n) is 5.41. The van der Waals surface area contributed by atoms with Gasteiger partial charge in [0.1, 0.15) is 5.60 Å². The van der Waals surface area contributed by atoms with E-state index in [9.17, 15) is 13.6 Å². The summed E-state index contributed by atoms with van der Waals surface area (Å²) in [6.07, 6.45) is 0. The Morgan fingerprint density at radius 3 is 2.67 bits per heavy atom. The summed E-state index contributed by atoms with van der Waals surface area (Å²) >= 11 is 0.947. The number of para-hydroxylation sites is 2. The molecule has 0 unspecified atom stereocenters. The highest BCUT2D eigenvalue weighted by Crippen LogP contribution is 2.29. The molecule has 0 saturated carbocycles. The monoisotopic (exact) mass is 314 g/mol. The van der Waals surface area contributed by atoms with Crippen LogP contribution in [0.15, 0.2) is 29.4 Å². The van der Waals surface area contributed by atoms with Crippen LogP contribution in [-0.4, -0.2) is 26.9 Å². The van der Waals surface area contributed by atoms with E-state index in [0.29, 0.717) is 11.0 Å². The summed E-state index contributed by atoms with van der Waals surface area (Å²) in [5.74, 6) is -0.520. The van der Waals surface area contributed by atoms with Gasteiger partial charge in [0.25, 0.3) is 0 Å². The van der Waals surface area contributed by atoms with E-state index in [1.807, 2.05) is 0 Å². The van der Waals surface area contributed by atoms with E-state index in [4.69, 9.17) is 4.74 Å². The number of ether oxygens (including phenoxy) is 1. The zero-order valence-corrected chi connectivity index (χ0v) is 12.8. The van der Waals surface area contributed by atoms with Crippen molar-refractivity contribution in [3.63, 3.8) is 0 Å². The fourth-order valence-corrected chi connectivity index (χ4v) is 2.59. The fraction of sp³-hybridized carbons (Fsp3) is 0.429. The highest BCUT2D eigenvalue weighted by atomic mass is 32.2. The standard InChI is InChI=1S/C14H16F2N2O2S/c1-14(2,3)20-11(19)8-21-13-17-9-6-4-5-7-10(9)18(13)12(15)16/h4-7,12H,8H2,1-3H3. The van der Waals surface area contributed by atoms with Crippen molar-refractivity contribution in [2.24, 2.45) is 0 Å². The quantitative estimate of drug-likeness (QED) is 0.635. The molecule has 0 spiro atoms. The summed E-state index contributed by atoms with van der Waals surface area (Å²) < 4.78 is 32.3. The first-order valence-electron chi connectivity index (χ1n) is 6.38. The number of esters is 1. The maximum absolute atomic E-state index is 13.2. The molecule has 0 aliphatic rings. The molecule has 114 valence electrons. The van der Waals surface area contributed by atoms with Crippen molar-refractivity contribution in [2.45, 2.75) is 38.1 Å². The van der Waals surface area contributed by atoms with Gasteiger partial charge in [-0.25, -0.2) is 4.98 Å². The van der Waals surface area contributed by atoms with Gasteiger partial charge < -0.3 is 4.74 Å². The lowest BCUT2D eigenvalue weighted by Gasteiger charge is -2.19. The van der Waals surface area contributed by atoms with Gasteiger partial charge in [0, 0.05) is 0 Å². The average molecular weight is 314 g/mol. The van der Waals surface area contributed by atoms with Crippen molar-refractivity contribution < 1.29 is 18.3 Å². The van der Waals surface area contributed by atoms with E-state index >= 15 is 0 Å². The molecule has 0 fully saturated rings. The van der Waals surface area contributed by atoms with Crippen LogP contribution in [0.3, 0.4) is 0 Å². The second-order valence-corrected chi connectivity index (χ2v) is 6.35. The first-order valence-corrected chi connectivity index (χ1v) is 7.36. The summed E-state index contributed by atoms with van der Waals surface area (Å²) in [7, 11) is 0. The first-order chi connectivity index (χ1) is 9.78.